The number of carbonyl (C=O) groups excluding carboxylic acids is 1. The SMILES string of the molecule is CCN1CCOC(C(=O)Nc2ccc(-n3cnc(C)c3C)cc2)C1. The van der Waals surface area contributed by atoms with Gasteiger partial charge < -0.3 is 14.6 Å². The van der Waals surface area contributed by atoms with E-state index in [0.717, 1.165) is 35.9 Å². The molecule has 1 aromatic carbocycles. The topological polar surface area (TPSA) is 59.4 Å². The molecule has 128 valence electrons. The second-order valence-corrected chi connectivity index (χ2v) is 6.07. The third kappa shape index (κ3) is 3.49. The summed E-state index contributed by atoms with van der Waals surface area (Å²) in [6, 6.07) is 7.76. The van der Waals surface area contributed by atoms with Crippen LogP contribution >= 0.6 is 0 Å². The number of likely N-dealkylation sites (N-methyl/N-ethyl adjacent to an activating group) is 1. The van der Waals surface area contributed by atoms with Crippen LogP contribution in [0.4, 0.5) is 5.69 Å². The molecule has 1 atom stereocenters. The van der Waals surface area contributed by atoms with Gasteiger partial charge in [-0.15, -0.1) is 0 Å². The van der Waals surface area contributed by atoms with Crippen molar-refractivity contribution in [2.24, 2.45) is 0 Å². The number of anilines is 1. The Balaban J connectivity index is 1.66. The predicted octanol–water partition coefficient (Wildman–Crippen LogP) is 2.15. The number of hydrogen-bond donors (Lipinski definition) is 1. The molecule has 1 amide bonds. The maximum atomic E-state index is 12.4. The van der Waals surface area contributed by atoms with E-state index in [0.29, 0.717) is 13.2 Å². The Morgan fingerprint density at radius 2 is 2.08 bits per heavy atom. The number of nitrogens with zero attached hydrogens (tertiary/aromatic N) is 3. The van der Waals surface area contributed by atoms with E-state index in [1.165, 1.54) is 0 Å². The van der Waals surface area contributed by atoms with Crippen molar-refractivity contribution >= 4 is 11.6 Å². The fourth-order valence-corrected chi connectivity index (χ4v) is 2.84. The molecular weight excluding hydrogens is 304 g/mol. The molecule has 1 aliphatic heterocycles. The van der Waals surface area contributed by atoms with Gasteiger partial charge in [0, 0.05) is 30.2 Å². The molecule has 6 heteroatoms. The molecule has 0 saturated carbocycles. The minimum absolute atomic E-state index is 0.0874. The number of morpholine rings is 1. The molecule has 1 fully saturated rings. The summed E-state index contributed by atoms with van der Waals surface area (Å²) in [5.74, 6) is -0.0874. The highest BCUT2D eigenvalue weighted by Crippen LogP contribution is 2.17. The molecule has 2 heterocycles. The van der Waals surface area contributed by atoms with E-state index >= 15 is 0 Å². The first-order valence-electron chi connectivity index (χ1n) is 8.34. The van der Waals surface area contributed by atoms with Crippen LogP contribution in [0, 0.1) is 13.8 Å². The average Bonchev–Trinajstić information content (AvgIpc) is 2.95. The first kappa shape index (κ1) is 16.7. The predicted molar refractivity (Wildman–Crippen MR) is 93.5 cm³/mol. The Hall–Kier alpha value is -2.18. The summed E-state index contributed by atoms with van der Waals surface area (Å²) >= 11 is 0. The second-order valence-electron chi connectivity index (χ2n) is 6.07. The van der Waals surface area contributed by atoms with Crippen molar-refractivity contribution < 1.29 is 9.53 Å². The number of benzene rings is 1. The number of nitrogens with one attached hydrogen (secondary N) is 1. The molecule has 0 bridgehead atoms. The fourth-order valence-electron chi connectivity index (χ4n) is 2.84. The van der Waals surface area contributed by atoms with Crippen molar-refractivity contribution in [1.82, 2.24) is 14.5 Å². The number of carbonyl (C=O) groups is 1. The molecule has 0 spiro atoms. The van der Waals surface area contributed by atoms with E-state index in [9.17, 15) is 4.79 Å². The van der Waals surface area contributed by atoms with Crippen LogP contribution < -0.4 is 5.32 Å². The van der Waals surface area contributed by atoms with Crippen LogP contribution in [0.25, 0.3) is 5.69 Å². The zero-order valence-corrected chi connectivity index (χ0v) is 14.5. The lowest BCUT2D eigenvalue weighted by molar-refractivity contribution is -0.132. The van der Waals surface area contributed by atoms with Gasteiger partial charge in [0.1, 0.15) is 6.10 Å². The van der Waals surface area contributed by atoms with Gasteiger partial charge in [-0.05, 0) is 44.7 Å². The van der Waals surface area contributed by atoms with Gasteiger partial charge in [0.2, 0.25) is 0 Å². The monoisotopic (exact) mass is 328 g/mol. The maximum absolute atomic E-state index is 12.4. The molecule has 1 N–H and O–H groups in total. The molecule has 0 aliphatic carbocycles. The Bertz CT molecular complexity index is 708. The number of aryl methyl sites for hydroxylation is 1. The Morgan fingerprint density at radius 1 is 1.33 bits per heavy atom. The van der Waals surface area contributed by atoms with Gasteiger partial charge in [-0.2, -0.15) is 0 Å². The molecule has 2 aromatic rings. The third-order valence-electron chi connectivity index (χ3n) is 4.56. The zero-order chi connectivity index (χ0) is 17.1. The second kappa shape index (κ2) is 7.15. The van der Waals surface area contributed by atoms with Crippen molar-refractivity contribution in [1.29, 1.82) is 0 Å². The van der Waals surface area contributed by atoms with Crippen molar-refractivity contribution in [2.45, 2.75) is 26.9 Å². The number of amides is 1. The lowest BCUT2D eigenvalue weighted by Gasteiger charge is -2.31. The van der Waals surface area contributed by atoms with Crippen LogP contribution in [0.2, 0.25) is 0 Å². The highest BCUT2D eigenvalue weighted by Gasteiger charge is 2.25. The minimum atomic E-state index is -0.406. The number of ether oxygens (including phenoxy) is 1. The first-order valence-corrected chi connectivity index (χ1v) is 8.34. The zero-order valence-electron chi connectivity index (χ0n) is 14.5. The van der Waals surface area contributed by atoms with E-state index in [1.807, 2.05) is 49.0 Å². The van der Waals surface area contributed by atoms with Crippen molar-refractivity contribution in [3.05, 3.63) is 42.0 Å². The van der Waals surface area contributed by atoms with E-state index in [4.69, 9.17) is 4.74 Å². The lowest BCUT2D eigenvalue weighted by atomic mass is 10.2. The molecule has 0 radical (unpaired) electrons. The van der Waals surface area contributed by atoms with E-state index in [1.54, 1.807) is 0 Å². The molecular formula is C18H24N4O2. The largest absolute Gasteiger partial charge is 0.366 e. The van der Waals surface area contributed by atoms with Gasteiger partial charge in [-0.25, -0.2) is 4.98 Å². The summed E-state index contributed by atoms with van der Waals surface area (Å²) < 4.78 is 7.62. The maximum Gasteiger partial charge on any atom is 0.254 e. The van der Waals surface area contributed by atoms with Crippen molar-refractivity contribution in [3.8, 4) is 5.69 Å². The fraction of sp³-hybridized carbons (Fsp3) is 0.444. The number of hydrogen-bond acceptors (Lipinski definition) is 4. The van der Waals surface area contributed by atoms with Crippen LogP contribution in [0.3, 0.4) is 0 Å². The summed E-state index contributed by atoms with van der Waals surface area (Å²) in [5, 5.41) is 2.94. The molecule has 1 saturated heterocycles. The quantitative estimate of drug-likeness (QED) is 0.934. The van der Waals surface area contributed by atoms with Gasteiger partial charge in [0.15, 0.2) is 0 Å². The molecule has 6 nitrogen and oxygen atoms in total. The van der Waals surface area contributed by atoms with E-state index < -0.39 is 6.10 Å². The van der Waals surface area contributed by atoms with Gasteiger partial charge in [-0.1, -0.05) is 6.92 Å². The summed E-state index contributed by atoms with van der Waals surface area (Å²) in [6.45, 7) is 9.20. The van der Waals surface area contributed by atoms with Crippen LogP contribution in [0.15, 0.2) is 30.6 Å². The highest BCUT2D eigenvalue weighted by molar-refractivity contribution is 5.94. The van der Waals surface area contributed by atoms with Gasteiger partial charge in [0.25, 0.3) is 5.91 Å². The van der Waals surface area contributed by atoms with Crippen LogP contribution in [-0.2, 0) is 9.53 Å². The normalized spacial score (nSPS) is 18.5. The summed E-state index contributed by atoms with van der Waals surface area (Å²) in [7, 11) is 0. The smallest absolute Gasteiger partial charge is 0.254 e. The van der Waals surface area contributed by atoms with E-state index in [2.05, 4.69) is 22.1 Å². The van der Waals surface area contributed by atoms with Crippen molar-refractivity contribution in [2.75, 3.05) is 31.6 Å². The summed E-state index contributed by atoms with van der Waals surface area (Å²) in [4.78, 5) is 18.9. The molecule has 1 unspecified atom stereocenters. The van der Waals surface area contributed by atoms with Crippen LogP contribution in [0.1, 0.15) is 18.3 Å². The van der Waals surface area contributed by atoms with Crippen molar-refractivity contribution in [3.63, 3.8) is 0 Å². The lowest BCUT2D eigenvalue weighted by Crippen LogP contribution is -2.47. The van der Waals surface area contributed by atoms with Crippen LogP contribution in [0.5, 0.6) is 0 Å². The molecule has 24 heavy (non-hydrogen) atoms. The van der Waals surface area contributed by atoms with Gasteiger partial charge in [0.05, 0.1) is 18.6 Å². The molecule has 1 aliphatic rings. The summed E-state index contributed by atoms with van der Waals surface area (Å²) in [6.07, 6.45) is 1.41. The molecule has 1 aromatic heterocycles. The van der Waals surface area contributed by atoms with Gasteiger partial charge >= 0.3 is 0 Å². The average molecular weight is 328 g/mol. The summed E-state index contributed by atoms with van der Waals surface area (Å²) in [5.41, 5.74) is 3.93. The standard InChI is InChI=1S/C18H24N4O2/c1-4-21-9-10-24-17(11-21)18(23)20-15-5-7-16(8-6-15)22-12-19-13(2)14(22)3/h5-8,12,17H,4,9-11H2,1-3H3,(H,20,23). The Labute approximate surface area is 142 Å². The minimum Gasteiger partial charge on any atom is -0.366 e. The van der Waals surface area contributed by atoms with Gasteiger partial charge in [-0.3, -0.25) is 9.69 Å². The van der Waals surface area contributed by atoms with E-state index in [-0.39, 0.29) is 5.91 Å². The number of aromatic nitrogens is 2. The molecule has 3 rings (SSSR count). The first-order chi connectivity index (χ1) is 11.6. The number of imidazole rings is 1. The Morgan fingerprint density at radius 3 is 2.71 bits per heavy atom. The Kier molecular flexibility index (Phi) is 4.97. The highest BCUT2D eigenvalue weighted by atomic mass is 16.5. The van der Waals surface area contributed by atoms with Crippen LogP contribution in [-0.4, -0.2) is 52.7 Å². The third-order valence-corrected chi connectivity index (χ3v) is 4.56. The number of rotatable bonds is 4.